The minimum atomic E-state index is 1.09. The highest BCUT2D eigenvalue weighted by atomic mass is 14.7. The zero-order valence-electron chi connectivity index (χ0n) is 14.6. The van der Waals surface area contributed by atoms with Crippen LogP contribution in [-0.2, 0) is 12.8 Å². The lowest BCUT2D eigenvalue weighted by molar-refractivity contribution is 0.734. The summed E-state index contributed by atoms with van der Waals surface area (Å²) in [6, 6.07) is 21.8. The molecule has 1 heterocycles. The van der Waals surface area contributed by atoms with Gasteiger partial charge in [0.2, 0.25) is 0 Å². The molecule has 0 spiro atoms. The van der Waals surface area contributed by atoms with Crippen molar-refractivity contribution >= 4 is 0 Å². The molecule has 0 fully saturated rings. The predicted molar refractivity (Wildman–Crippen MR) is 102 cm³/mol. The van der Waals surface area contributed by atoms with E-state index in [0.29, 0.717) is 0 Å². The summed E-state index contributed by atoms with van der Waals surface area (Å²) in [5, 5.41) is 0. The molecule has 3 aromatic rings. The normalized spacial score (nSPS) is 10.8. The minimum Gasteiger partial charge on any atom is -0.256 e. The van der Waals surface area contributed by atoms with Crippen LogP contribution in [0.15, 0.2) is 66.9 Å². The number of pyridine rings is 1. The van der Waals surface area contributed by atoms with Crippen LogP contribution in [0.3, 0.4) is 0 Å². The van der Waals surface area contributed by atoms with Crippen LogP contribution in [0.4, 0.5) is 0 Å². The molecule has 1 nitrogen and oxygen atoms in total. The van der Waals surface area contributed by atoms with E-state index in [1.807, 2.05) is 12.3 Å². The van der Waals surface area contributed by atoms with E-state index >= 15 is 0 Å². The Kier molecular flexibility index (Phi) is 5.43. The Morgan fingerprint density at radius 1 is 0.750 bits per heavy atom. The molecule has 0 unspecified atom stereocenters. The van der Waals surface area contributed by atoms with E-state index < -0.39 is 0 Å². The number of hydrogen-bond donors (Lipinski definition) is 0. The Morgan fingerprint density at radius 3 is 2.21 bits per heavy atom. The van der Waals surface area contributed by atoms with Crippen molar-refractivity contribution in [3.8, 4) is 11.3 Å². The second-order valence-electron chi connectivity index (χ2n) is 6.56. The Bertz CT molecular complexity index is 787. The minimum absolute atomic E-state index is 1.09. The molecule has 0 atom stereocenters. The highest BCUT2D eigenvalue weighted by Crippen LogP contribution is 2.21. The number of hydrogen-bond acceptors (Lipinski definition) is 1. The number of unbranched alkanes of at least 4 members (excludes halogenated alkanes) is 1. The van der Waals surface area contributed by atoms with Gasteiger partial charge >= 0.3 is 0 Å². The van der Waals surface area contributed by atoms with Gasteiger partial charge in [0, 0.05) is 11.8 Å². The third-order valence-corrected chi connectivity index (χ3v) is 4.50. The van der Waals surface area contributed by atoms with Crippen LogP contribution in [0.2, 0.25) is 0 Å². The quantitative estimate of drug-likeness (QED) is 0.514. The van der Waals surface area contributed by atoms with Crippen molar-refractivity contribution < 1.29 is 0 Å². The number of nitrogens with zero attached hydrogens (tertiary/aromatic N) is 1. The Morgan fingerprint density at radius 2 is 1.50 bits per heavy atom. The summed E-state index contributed by atoms with van der Waals surface area (Å²) in [6.45, 7) is 4.27. The average molecular weight is 315 g/mol. The molecule has 0 aliphatic heterocycles. The fourth-order valence-electron chi connectivity index (χ4n) is 3.14. The van der Waals surface area contributed by atoms with E-state index in [2.05, 4.69) is 73.4 Å². The fraction of sp³-hybridized carbons (Fsp3) is 0.261. The van der Waals surface area contributed by atoms with Gasteiger partial charge in [0.15, 0.2) is 0 Å². The summed E-state index contributed by atoms with van der Waals surface area (Å²) in [4.78, 5) is 4.49. The lowest BCUT2D eigenvalue weighted by Crippen LogP contribution is -1.91. The summed E-state index contributed by atoms with van der Waals surface area (Å²) in [7, 11) is 0. The molecule has 0 amide bonds. The predicted octanol–water partition coefficient (Wildman–Crippen LogP) is 5.93. The van der Waals surface area contributed by atoms with E-state index in [9.17, 15) is 0 Å². The van der Waals surface area contributed by atoms with Gasteiger partial charge in [-0.3, -0.25) is 4.98 Å². The van der Waals surface area contributed by atoms with Gasteiger partial charge in [-0.25, -0.2) is 0 Å². The van der Waals surface area contributed by atoms with Gasteiger partial charge in [-0.05, 0) is 62.3 Å². The first-order valence-electron chi connectivity index (χ1n) is 8.79. The third-order valence-electron chi connectivity index (χ3n) is 4.50. The molecule has 24 heavy (non-hydrogen) atoms. The summed E-state index contributed by atoms with van der Waals surface area (Å²) < 4.78 is 0. The maximum Gasteiger partial charge on any atom is 0.0731 e. The van der Waals surface area contributed by atoms with Crippen LogP contribution >= 0.6 is 0 Å². The first kappa shape index (κ1) is 16.4. The number of aromatic nitrogens is 1. The second-order valence-corrected chi connectivity index (χ2v) is 6.56. The van der Waals surface area contributed by atoms with E-state index in [1.165, 1.54) is 47.1 Å². The molecule has 0 saturated carbocycles. The van der Waals surface area contributed by atoms with E-state index in [0.717, 1.165) is 12.1 Å². The molecule has 0 bridgehead atoms. The van der Waals surface area contributed by atoms with Crippen molar-refractivity contribution in [2.24, 2.45) is 0 Å². The Hall–Kier alpha value is -2.41. The molecule has 0 saturated heterocycles. The number of rotatable bonds is 6. The SMILES string of the molecule is Cc1cccc(CCCCc2ccc(-c3ncccc3C)cc2)c1. The van der Waals surface area contributed by atoms with E-state index in [4.69, 9.17) is 0 Å². The summed E-state index contributed by atoms with van der Waals surface area (Å²) >= 11 is 0. The molecular formula is C23H25N. The van der Waals surface area contributed by atoms with Crippen LogP contribution in [0, 0.1) is 13.8 Å². The van der Waals surface area contributed by atoms with Gasteiger partial charge in [0.05, 0.1) is 5.69 Å². The molecule has 1 aromatic heterocycles. The van der Waals surface area contributed by atoms with Crippen LogP contribution in [0.1, 0.15) is 35.1 Å². The molecular weight excluding hydrogens is 290 g/mol. The smallest absolute Gasteiger partial charge is 0.0731 e. The topological polar surface area (TPSA) is 12.9 Å². The maximum absolute atomic E-state index is 4.49. The van der Waals surface area contributed by atoms with Crippen LogP contribution in [0.5, 0.6) is 0 Å². The fourth-order valence-corrected chi connectivity index (χ4v) is 3.14. The lowest BCUT2D eigenvalue weighted by Gasteiger charge is -2.07. The van der Waals surface area contributed by atoms with Crippen LogP contribution < -0.4 is 0 Å². The highest BCUT2D eigenvalue weighted by molar-refractivity contribution is 5.62. The molecule has 1 heteroatoms. The molecule has 0 aliphatic carbocycles. The van der Waals surface area contributed by atoms with E-state index in [1.54, 1.807) is 0 Å². The largest absolute Gasteiger partial charge is 0.256 e. The lowest BCUT2D eigenvalue weighted by atomic mass is 10.0. The highest BCUT2D eigenvalue weighted by Gasteiger charge is 2.03. The van der Waals surface area contributed by atoms with Crippen molar-refractivity contribution in [2.75, 3.05) is 0 Å². The third kappa shape index (κ3) is 4.32. The molecule has 3 rings (SSSR count). The zero-order chi connectivity index (χ0) is 16.8. The maximum atomic E-state index is 4.49. The average Bonchev–Trinajstić information content (AvgIpc) is 2.60. The van der Waals surface area contributed by atoms with E-state index in [-0.39, 0.29) is 0 Å². The monoisotopic (exact) mass is 315 g/mol. The van der Waals surface area contributed by atoms with Gasteiger partial charge < -0.3 is 0 Å². The van der Waals surface area contributed by atoms with Gasteiger partial charge in [-0.2, -0.15) is 0 Å². The van der Waals surface area contributed by atoms with Gasteiger partial charge in [-0.1, -0.05) is 60.2 Å². The summed E-state index contributed by atoms with van der Waals surface area (Å²) in [6.07, 6.45) is 6.65. The first-order chi connectivity index (χ1) is 11.7. The second kappa shape index (κ2) is 7.92. The van der Waals surface area contributed by atoms with Gasteiger partial charge in [0.1, 0.15) is 0 Å². The zero-order valence-corrected chi connectivity index (χ0v) is 14.6. The molecule has 122 valence electrons. The van der Waals surface area contributed by atoms with Crippen LogP contribution in [0.25, 0.3) is 11.3 Å². The molecule has 0 radical (unpaired) electrons. The Balaban J connectivity index is 1.52. The number of benzene rings is 2. The first-order valence-corrected chi connectivity index (χ1v) is 8.79. The molecule has 0 N–H and O–H groups in total. The van der Waals surface area contributed by atoms with Crippen molar-refractivity contribution in [1.29, 1.82) is 0 Å². The van der Waals surface area contributed by atoms with Crippen molar-refractivity contribution in [2.45, 2.75) is 39.5 Å². The van der Waals surface area contributed by atoms with Crippen molar-refractivity contribution in [1.82, 2.24) is 4.98 Å². The summed E-state index contributed by atoms with van der Waals surface area (Å²) in [5.41, 5.74) is 7.74. The van der Waals surface area contributed by atoms with Crippen LogP contribution in [-0.4, -0.2) is 4.98 Å². The Labute approximate surface area is 145 Å². The van der Waals surface area contributed by atoms with Gasteiger partial charge in [-0.15, -0.1) is 0 Å². The molecule has 2 aromatic carbocycles. The standard InChI is InChI=1S/C23H25N/c1-18-7-5-11-21(17-18)10-4-3-9-20-12-14-22(15-13-20)23-19(2)8-6-16-24-23/h5-8,11-17H,3-4,9-10H2,1-2H3. The van der Waals surface area contributed by atoms with Crippen molar-refractivity contribution in [3.63, 3.8) is 0 Å². The summed E-state index contributed by atoms with van der Waals surface area (Å²) in [5.74, 6) is 0. The van der Waals surface area contributed by atoms with Crippen molar-refractivity contribution in [3.05, 3.63) is 89.1 Å². The van der Waals surface area contributed by atoms with Gasteiger partial charge in [0.25, 0.3) is 0 Å². The molecule has 0 aliphatic rings. The number of aryl methyl sites for hydroxylation is 4.